The standard InChI is InChI=1S/C6H10N4O2.ClH/c7-6-5-8-10(12-6)9-1-3-11-4-2-9;/h5,7H,1-4H2;1H. The first-order valence-electron chi connectivity index (χ1n) is 3.79. The van der Waals surface area contributed by atoms with E-state index >= 15 is 0 Å². The molecule has 2 heterocycles. The van der Waals surface area contributed by atoms with Crippen LogP contribution in [0.5, 0.6) is 0 Å². The van der Waals surface area contributed by atoms with Gasteiger partial charge in [-0.2, -0.15) is 0 Å². The summed E-state index contributed by atoms with van der Waals surface area (Å²) in [5, 5.41) is 12.9. The number of hydrogen-bond donors (Lipinski definition) is 1. The van der Waals surface area contributed by atoms with E-state index in [-0.39, 0.29) is 18.0 Å². The van der Waals surface area contributed by atoms with E-state index in [2.05, 4.69) is 5.10 Å². The van der Waals surface area contributed by atoms with Crippen LogP contribution < -0.4 is 10.6 Å². The summed E-state index contributed by atoms with van der Waals surface area (Å²) < 4.78 is 10.1. The van der Waals surface area contributed by atoms with Crippen LogP contribution in [0.1, 0.15) is 0 Å². The molecular formula is C6H11ClN4O2. The second kappa shape index (κ2) is 4.29. The minimum atomic E-state index is 0. The van der Waals surface area contributed by atoms with Crippen molar-refractivity contribution in [3.05, 3.63) is 11.8 Å². The Balaban J connectivity index is 0.000000845. The Labute approximate surface area is 80.9 Å². The number of ether oxygens (including phenoxy) is 1. The SMILES string of the molecule is Cl.N=c1cnn(N2CCOCC2)o1. The number of nitrogens with zero attached hydrogens (tertiary/aromatic N) is 3. The van der Waals surface area contributed by atoms with E-state index < -0.39 is 0 Å². The third-order valence-corrected chi connectivity index (χ3v) is 1.68. The number of nitrogens with one attached hydrogen (secondary N) is 1. The topological polar surface area (TPSA) is 67.3 Å². The molecule has 0 aromatic carbocycles. The zero-order chi connectivity index (χ0) is 8.39. The molecule has 1 aromatic heterocycles. The Kier molecular flexibility index (Phi) is 3.32. The van der Waals surface area contributed by atoms with Crippen molar-refractivity contribution in [3.8, 4) is 0 Å². The summed E-state index contributed by atoms with van der Waals surface area (Å²) >= 11 is 0. The lowest BCUT2D eigenvalue weighted by molar-refractivity contribution is 0.0813. The molecule has 1 N–H and O–H groups in total. The predicted molar refractivity (Wildman–Crippen MR) is 46.4 cm³/mol. The number of rotatable bonds is 1. The Morgan fingerprint density at radius 3 is 2.62 bits per heavy atom. The van der Waals surface area contributed by atoms with Gasteiger partial charge in [-0.15, -0.1) is 17.5 Å². The molecule has 6 nitrogen and oxygen atoms in total. The molecule has 0 saturated carbocycles. The van der Waals surface area contributed by atoms with E-state index in [4.69, 9.17) is 14.7 Å². The highest BCUT2D eigenvalue weighted by Gasteiger charge is 2.12. The smallest absolute Gasteiger partial charge is 0.263 e. The van der Waals surface area contributed by atoms with Crippen molar-refractivity contribution in [2.45, 2.75) is 0 Å². The first-order chi connectivity index (χ1) is 5.86. The van der Waals surface area contributed by atoms with E-state index in [1.165, 1.54) is 11.2 Å². The highest BCUT2D eigenvalue weighted by Crippen LogP contribution is 1.93. The van der Waals surface area contributed by atoms with Gasteiger partial charge >= 0.3 is 0 Å². The van der Waals surface area contributed by atoms with Gasteiger partial charge in [0.1, 0.15) is 6.20 Å². The van der Waals surface area contributed by atoms with Crippen molar-refractivity contribution in [2.75, 3.05) is 31.3 Å². The quantitative estimate of drug-likeness (QED) is 0.663. The molecule has 7 heteroatoms. The lowest BCUT2D eigenvalue weighted by atomic mass is 10.5. The molecule has 0 bridgehead atoms. The van der Waals surface area contributed by atoms with Crippen molar-refractivity contribution in [1.29, 1.82) is 5.41 Å². The van der Waals surface area contributed by atoms with Crippen LogP contribution in [0.4, 0.5) is 0 Å². The first kappa shape index (κ1) is 10.1. The Bertz CT molecular complexity index is 304. The lowest BCUT2D eigenvalue weighted by Gasteiger charge is -2.25. The molecule has 1 fully saturated rings. The van der Waals surface area contributed by atoms with E-state index in [1.54, 1.807) is 0 Å². The van der Waals surface area contributed by atoms with Gasteiger partial charge in [-0.05, 0) is 4.96 Å². The fourth-order valence-corrected chi connectivity index (χ4v) is 1.09. The molecule has 13 heavy (non-hydrogen) atoms. The van der Waals surface area contributed by atoms with E-state index in [9.17, 15) is 0 Å². The minimum Gasteiger partial charge on any atom is -0.378 e. The molecule has 1 aromatic rings. The van der Waals surface area contributed by atoms with E-state index in [0.29, 0.717) is 13.2 Å². The van der Waals surface area contributed by atoms with Gasteiger partial charge in [0.15, 0.2) is 0 Å². The number of morpholine rings is 1. The molecule has 74 valence electrons. The van der Waals surface area contributed by atoms with Crippen LogP contribution in [-0.4, -0.2) is 36.4 Å². The second-order valence-electron chi connectivity index (χ2n) is 2.52. The fraction of sp³-hybridized carbons (Fsp3) is 0.667. The van der Waals surface area contributed by atoms with Crippen LogP contribution in [0.25, 0.3) is 0 Å². The van der Waals surface area contributed by atoms with E-state index in [0.717, 1.165) is 13.1 Å². The Morgan fingerprint density at radius 2 is 2.08 bits per heavy atom. The maximum Gasteiger partial charge on any atom is 0.263 e. The summed E-state index contributed by atoms with van der Waals surface area (Å²) in [4.78, 5) is 1.34. The molecular weight excluding hydrogens is 196 g/mol. The lowest BCUT2D eigenvalue weighted by Crippen LogP contribution is -2.44. The first-order valence-corrected chi connectivity index (χ1v) is 3.79. The molecule has 0 radical (unpaired) electrons. The molecule has 2 rings (SSSR count). The summed E-state index contributed by atoms with van der Waals surface area (Å²) in [6, 6.07) is 0. The monoisotopic (exact) mass is 206 g/mol. The Morgan fingerprint density at radius 1 is 1.38 bits per heavy atom. The minimum absolute atomic E-state index is 0. The number of hydrogen-bond acceptors (Lipinski definition) is 5. The molecule has 1 aliphatic heterocycles. The average Bonchev–Trinajstić information content (AvgIpc) is 2.54. The maximum absolute atomic E-state index is 7.13. The van der Waals surface area contributed by atoms with Gasteiger partial charge in [-0.1, -0.05) is 0 Å². The summed E-state index contributed by atoms with van der Waals surface area (Å²) in [5.41, 5.74) is 0.0708. The van der Waals surface area contributed by atoms with Gasteiger partial charge in [0.05, 0.1) is 26.3 Å². The van der Waals surface area contributed by atoms with Crippen LogP contribution >= 0.6 is 12.4 Å². The van der Waals surface area contributed by atoms with E-state index in [1.807, 2.05) is 5.01 Å². The average molecular weight is 207 g/mol. The summed E-state index contributed by atoms with van der Waals surface area (Å²) in [7, 11) is 0. The maximum atomic E-state index is 7.13. The van der Waals surface area contributed by atoms with Crippen molar-refractivity contribution in [2.24, 2.45) is 0 Å². The fourth-order valence-electron chi connectivity index (χ4n) is 1.09. The Hall–Kier alpha value is -1.01. The molecule has 0 unspecified atom stereocenters. The number of aromatic nitrogens is 2. The predicted octanol–water partition coefficient (Wildman–Crippen LogP) is -0.654. The highest BCUT2D eigenvalue weighted by molar-refractivity contribution is 5.85. The summed E-state index contributed by atoms with van der Waals surface area (Å²) in [5.74, 6) is 0. The zero-order valence-corrected chi connectivity index (χ0v) is 7.79. The number of halogens is 1. The third-order valence-electron chi connectivity index (χ3n) is 1.68. The van der Waals surface area contributed by atoms with Crippen LogP contribution in [0.3, 0.4) is 0 Å². The molecule has 0 spiro atoms. The molecule has 1 saturated heterocycles. The van der Waals surface area contributed by atoms with Crippen molar-refractivity contribution in [3.63, 3.8) is 0 Å². The molecule has 1 aliphatic rings. The molecule has 0 aliphatic carbocycles. The van der Waals surface area contributed by atoms with Gasteiger partial charge in [0.25, 0.3) is 5.55 Å². The summed E-state index contributed by atoms with van der Waals surface area (Å²) in [6.07, 6.45) is 1.37. The van der Waals surface area contributed by atoms with Crippen LogP contribution in [-0.2, 0) is 4.74 Å². The molecule has 0 amide bonds. The highest BCUT2D eigenvalue weighted by atomic mass is 35.5. The second-order valence-corrected chi connectivity index (χ2v) is 2.52. The third kappa shape index (κ3) is 2.22. The van der Waals surface area contributed by atoms with Crippen molar-refractivity contribution in [1.82, 2.24) is 10.1 Å². The van der Waals surface area contributed by atoms with Crippen molar-refractivity contribution < 1.29 is 9.26 Å². The molecule has 0 atom stereocenters. The van der Waals surface area contributed by atoms with Gasteiger partial charge < -0.3 is 9.26 Å². The van der Waals surface area contributed by atoms with Gasteiger partial charge in [-0.3, -0.25) is 10.4 Å². The summed E-state index contributed by atoms with van der Waals surface area (Å²) in [6.45, 7) is 2.88. The van der Waals surface area contributed by atoms with Gasteiger partial charge in [-0.25, -0.2) is 0 Å². The largest absolute Gasteiger partial charge is 0.378 e. The van der Waals surface area contributed by atoms with Crippen LogP contribution in [0, 0.1) is 5.41 Å². The van der Waals surface area contributed by atoms with Crippen LogP contribution in [0.2, 0.25) is 0 Å². The van der Waals surface area contributed by atoms with Crippen molar-refractivity contribution >= 4 is 12.4 Å². The normalized spacial score (nSPS) is 16.8. The zero-order valence-electron chi connectivity index (χ0n) is 6.97. The van der Waals surface area contributed by atoms with Crippen LogP contribution in [0.15, 0.2) is 10.7 Å². The van der Waals surface area contributed by atoms with Gasteiger partial charge in [0, 0.05) is 0 Å². The van der Waals surface area contributed by atoms with Gasteiger partial charge in [0.2, 0.25) is 0 Å².